The van der Waals surface area contributed by atoms with Gasteiger partial charge >= 0.3 is 10.0 Å². The summed E-state index contributed by atoms with van der Waals surface area (Å²) < 4.78 is 25.3. The van der Waals surface area contributed by atoms with Gasteiger partial charge in [0.05, 0.1) is 10.9 Å². The van der Waals surface area contributed by atoms with E-state index in [2.05, 4.69) is 11.2 Å². The highest BCUT2D eigenvalue weighted by Gasteiger charge is 2.14. The van der Waals surface area contributed by atoms with Crippen LogP contribution in [0.2, 0.25) is 0 Å². The molecule has 0 saturated heterocycles. The van der Waals surface area contributed by atoms with E-state index in [9.17, 15) is 8.42 Å². The normalized spacial score (nSPS) is 10.4. The minimum atomic E-state index is -3.64. The Labute approximate surface area is 113 Å². The van der Waals surface area contributed by atoms with Crippen molar-refractivity contribution >= 4 is 15.7 Å². The van der Waals surface area contributed by atoms with Gasteiger partial charge in [-0.15, -0.1) is 0 Å². The maximum Gasteiger partial charge on any atom is 0.304 e. The maximum absolute atomic E-state index is 12.1. The molecular weight excluding hydrogens is 258 g/mol. The van der Waals surface area contributed by atoms with Gasteiger partial charge in [0.15, 0.2) is 0 Å². The number of benzene rings is 2. The Balaban J connectivity index is 2.27. The van der Waals surface area contributed by atoms with Crippen molar-refractivity contribution < 1.29 is 8.42 Å². The first-order chi connectivity index (χ1) is 9.09. The molecule has 4 heteroatoms. The number of rotatable bonds is 2. The van der Waals surface area contributed by atoms with E-state index in [0.29, 0.717) is 11.3 Å². The maximum atomic E-state index is 12.1. The van der Waals surface area contributed by atoms with Crippen LogP contribution in [-0.2, 0) is 10.0 Å². The predicted octanol–water partition coefficient (Wildman–Crippen LogP) is 2.46. The number of para-hydroxylation sites is 1. The molecule has 0 radical (unpaired) electrons. The lowest BCUT2D eigenvalue weighted by Gasteiger charge is -2.14. The van der Waals surface area contributed by atoms with Crippen LogP contribution < -0.4 is 4.31 Å². The second-order valence-corrected chi connectivity index (χ2v) is 5.60. The third-order valence-corrected chi connectivity index (χ3v) is 3.87. The van der Waals surface area contributed by atoms with Gasteiger partial charge in [-0.1, -0.05) is 36.4 Å². The molecule has 19 heavy (non-hydrogen) atoms. The molecule has 96 valence electrons. The van der Waals surface area contributed by atoms with Crippen LogP contribution >= 0.6 is 0 Å². The molecule has 2 rings (SSSR count). The minimum absolute atomic E-state index is 0.588. The SMILES string of the molecule is CN(c1ccccc1)S(=O)(=O)C#Cc1ccccc1. The van der Waals surface area contributed by atoms with Crippen LogP contribution in [0.3, 0.4) is 0 Å². The predicted molar refractivity (Wildman–Crippen MR) is 77.1 cm³/mol. The number of sulfonamides is 1. The van der Waals surface area contributed by atoms with Crippen molar-refractivity contribution in [3.8, 4) is 11.2 Å². The van der Waals surface area contributed by atoms with Crippen LogP contribution in [0, 0.1) is 11.2 Å². The summed E-state index contributed by atoms with van der Waals surface area (Å²) in [4.78, 5) is 0. The first-order valence-electron chi connectivity index (χ1n) is 5.71. The molecule has 2 aromatic carbocycles. The molecule has 0 spiro atoms. The van der Waals surface area contributed by atoms with Crippen molar-refractivity contribution in [3.05, 3.63) is 66.2 Å². The molecule has 0 N–H and O–H groups in total. The van der Waals surface area contributed by atoms with E-state index in [-0.39, 0.29) is 0 Å². The fourth-order valence-corrected chi connectivity index (χ4v) is 2.27. The summed E-state index contributed by atoms with van der Waals surface area (Å²) in [5.74, 6) is 2.66. The van der Waals surface area contributed by atoms with Gasteiger partial charge in [-0.05, 0) is 30.2 Å². The zero-order chi connectivity index (χ0) is 13.7. The molecule has 0 amide bonds. The highest BCUT2D eigenvalue weighted by atomic mass is 32.2. The average Bonchev–Trinajstić information content (AvgIpc) is 2.46. The Morgan fingerprint density at radius 2 is 1.42 bits per heavy atom. The molecule has 2 aromatic rings. The van der Waals surface area contributed by atoms with E-state index in [0.717, 1.165) is 0 Å². The van der Waals surface area contributed by atoms with E-state index >= 15 is 0 Å². The first-order valence-corrected chi connectivity index (χ1v) is 7.15. The highest BCUT2D eigenvalue weighted by molar-refractivity contribution is 7.97. The van der Waals surface area contributed by atoms with Crippen LogP contribution in [0.25, 0.3) is 0 Å². The molecule has 0 atom stereocenters. The Kier molecular flexibility index (Phi) is 3.88. The Bertz CT molecular complexity index is 698. The lowest BCUT2D eigenvalue weighted by molar-refractivity contribution is 0.604. The van der Waals surface area contributed by atoms with E-state index in [1.165, 1.54) is 11.4 Å². The molecule has 0 heterocycles. The van der Waals surface area contributed by atoms with Crippen molar-refractivity contribution in [2.45, 2.75) is 0 Å². The monoisotopic (exact) mass is 271 g/mol. The highest BCUT2D eigenvalue weighted by Crippen LogP contribution is 2.14. The third kappa shape index (κ3) is 3.36. The quantitative estimate of drug-likeness (QED) is 0.787. The summed E-state index contributed by atoms with van der Waals surface area (Å²) >= 11 is 0. The van der Waals surface area contributed by atoms with Gasteiger partial charge in [-0.2, -0.15) is 8.42 Å². The number of nitrogens with zero attached hydrogens (tertiary/aromatic N) is 1. The molecule has 0 fully saturated rings. The molecule has 0 aliphatic carbocycles. The smallest absolute Gasteiger partial charge is 0.263 e. The lowest BCUT2D eigenvalue weighted by atomic mass is 10.2. The van der Waals surface area contributed by atoms with E-state index < -0.39 is 10.0 Å². The Morgan fingerprint density at radius 1 is 0.895 bits per heavy atom. The molecule has 0 unspecified atom stereocenters. The molecule has 0 aliphatic heterocycles. The van der Waals surface area contributed by atoms with Crippen molar-refractivity contribution in [1.82, 2.24) is 0 Å². The molecule has 0 aliphatic rings. The third-order valence-electron chi connectivity index (χ3n) is 2.58. The number of hydrogen-bond donors (Lipinski definition) is 0. The van der Waals surface area contributed by atoms with E-state index in [4.69, 9.17) is 0 Å². The fourth-order valence-electron chi connectivity index (χ4n) is 1.49. The summed E-state index contributed by atoms with van der Waals surface area (Å²) in [7, 11) is -2.15. The van der Waals surface area contributed by atoms with Crippen LogP contribution in [0.5, 0.6) is 0 Å². The molecule has 3 nitrogen and oxygen atoms in total. The van der Waals surface area contributed by atoms with Crippen LogP contribution in [0.1, 0.15) is 5.56 Å². The standard InChI is InChI=1S/C15H13NO2S/c1-16(15-10-6-3-7-11-15)19(17,18)13-12-14-8-4-2-5-9-14/h2-11H,1H3. The van der Waals surface area contributed by atoms with Gasteiger partial charge in [0.2, 0.25) is 0 Å². The second-order valence-electron chi connectivity index (χ2n) is 3.90. The van der Waals surface area contributed by atoms with E-state index in [1.807, 2.05) is 24.3 Å². The number of hydrogen-bond acceptors (Lipinski definition) is 2. The first kappa shape index (κ1) is 13.2. The van der Waals surface area contributed by atoms with E-state index in [1.54, 1.807) is 36.4 Å². The van der Waals surface area contributed by atoms with Gasteiger partial charge in [0, 0.05) is 12.6 Å². The van der Waals surface area contributed by atoms with Crippen LogP contribution in [0.4, 0.5) is 5.69 Å². The summed E-state index contributed by atoms with van der Waals surface area (Å²) in [6.45, 7) is 0. The summed E-state index contributed by atoms with van der Waals surface area (Å²) in [5.41, 5.74) is 1.26. The minimum Gasteiger partial charge on any atom is -0.263 e. The molecule has 0 aromatic heterocycles. The van der Waals surface area contributed by atoms with Crippen molar-refractivity contribution in [2.75, 3.05) is 11.4 Å². The zero-order valence-corrected chi connectivity index (χ0v) is 11.3. The average molecular weight is 271 g/mol. The molecule has 0 saturated carbocycles. The van der Waals surface area contributed by atoms with Gasteiger partial charge in [0.1, 0.15) is 0 Å². The molecule has 0 bridgehead atoms. The van der Waals surface area contributed by atoms with Crippen molar-refractivity contribution in [3.63, 3.8) is 0 Å². The second kappa shape index (κ2) is 5.59. The lowest BCUT2D eigenvalue weighted by Crippen LogP contribution is -2.24. The molecular formula is C15H13NO2S. The topological polar surface area (TPSA) is 37.4 Å². The Hall–Kier alpha value is -2.25. The van der Waals surface area contributed by atoms with Crippen molar-refractivity contribution in [2.24, 2.45) is 0 Å². The van der Waals surface area contributed by atoms with Gasteiger partial charge < -0.3 is 0 Å². The van der Waals surface area contributed by atoms with Gasteiger partial charge in [0.25, 0.3) is 0 Å². The summed E-state index contributed by atoms with van der Waals surface area (Å²) in [6, 6.07) is 17.9. The summed E-state index contributed by atoms with van der Waals surface area (Å²) in [5, 5.41) is 2.32. The Morgan fingerprint density at radius 3 is 2.00 bits per heavy atom. The van der Waals surface area contributed by atoms with Crippen LogP contribution in [-0.4, -0.2) is 15.5 Å². The fraction of sp³-hybridized carbons (Fsp3) is 0.0667. The largest absolute Gasteiger partial charge is 0.304 e. The van der Waals surface area contributed by atoms with Gasteiger partial charge in [-0.3, -0.25) is 4.31 Å². The summed E-state index contributed by atoms with van der Waals surface area (Å²) in [6.07, 6.45) is 0. The van der Waals surface area contributed by atoms with Crippen LogP contribution in [0.15, 0.2) is 60.7 Å². The van der Waals surface area contributed by atoms with Gasteiger partial charge in [-0.25, -0.2) is 0 Å². The zero-order valence-electron chi connectivity index (χ0n) is 10.4. The number of anilines is 1. The van der Waals surface area contributed by atoms with Crippen molar-refractivity contribution in [1.29, 1.82) is 0 Å².